The van der Waals surface area contributed by atoms with Crippen LogP contribution in [0.15, 0.2) is 12.1 Å². The van der Waals surface area contributed by atoms with Gasteiger partial charge in [0.05, 0.1) is 30.8 Å². The number of carbonyl (C=O) groups is 1. The number of amides is 1. The minimum Gasteiger partial charge on any atom is -0.495 e. The van der Waals surface area contributed by atoms with Gasteiger partial charge in [0.2, 0.25) is 5.88 Å². The number of halogens is 3. The lowest BCUT2D eigenvalue weighted by Gasteiger charge is -2.27. The zero-order valence-electron chi connectivity index (χ0n) is 18.3. The van der Waals surface area contributed by atoms with E-state index in [1.165, 1.54) is 24.1 Å². The van der Waals surface area contributed by atoms with Gasteiger partial charge in [0, 0.05) is 10.9 Å². The van der Waals surface area contributed by atoms with Gasteiger partial charge in [-0.3, -0.25) is 4.90 Å². The van der Waals surface area contributed by atoms with Crippen molar-refractivity contribution < 1.29 is 40.0 Å². The van der Waals surface area contributed by atoms with Gasteiger partial charge in [-0.25, -0.2) is 9.78 Å². The second kappa shape index (κ2) is 7.95. The lowest BCUT2D eigenvalue weighted by Crippen LogP contribution is -2.35. The molecule has 2 heterocycles. The van der Waals surface area contributed by atoms with Crippen LogP contribution in [-0.4, -0.2) is 42.6 Å². The van der Waals surface area contributed by atoms with Gasteiger partial charge in [-0.1, -0.05) is 0 Å². The number of pyridine rings is 1. The minimum atomic E-state index is -6.04. The first-order valence-corrected chi connectivity index (χ1v) is 11.0. The molecule has 9 nitrogen and oxygen atoms in total. The summed E-state index contributed by atoms with van der Waals surface area (Å²) in [5.74, 6) is -0.657. The van der Waals surface area contributed by atoms with Crippen LogP contribution in [0, 0.1) is 11.3 Å². The summed E-state index contributed by atoms with van der Waals surface area (Å²) < 4.78 is 77.3. The third-order valence-electron chi connectivity index (χ3n) is 4.85. The zero-order valence-corrected chi connectivity index (χ0v) is 19.1. The second-order valence-electron chi connectivity index (χ2n) is 8.26. The van der Waals surface area contributed by atoms with E-state index in [0.717, 1.165) is 0 Å². The number of benzene rings is 1. The number of rotatable bonds is 3. The van der Waals surface area contributed by atoms with Crippen LogP contribution in [0.1, 0.15) is 50.4 Å². The molecular formula is C20H20F3N3O6S. The third kappa shape index (κ3) is 4.47. The van der Waals surface area contributed by atoms with Crippen molar-refractivity contribution in [2.45, 2.75) is 51.4 Å². The smallest absolute Gasteiger partial charge is 0.495 e. The van der Waals surface area contributed by atoms with Crippen LogP contribution in [0.2, 0.25) is 0 Å². The van der Waals surface area contributed by atoms with Gasteiger partial charge in [0.25, 0.3) is 0 Å². The van der Waals surface area contributed by atoms with Crippen molar-refractivity contribution in [2.24, 2.45) is 0 Å². The zero-order chi connectivity index (χ0) is 24.9. The van der Waals surface area contributed by atoms with Crippen LogP contribution in [-0.2, 0) is 21.4 Å². The van der Waals surface area contributed by atoms with E-state index in [4.69, 9.17) is 9.47 Å². The molecule has 33 heavy (non-hydrogen) atoms. The van der Waals surface area contributed by atoms with Crippen LogP contribution in [0.5, 0.6) is 11.6 Å². The Morgan fingerprint density at radius 2 is 1.91 bits per heavy atom. The van der Waals surface area contributed by atoms with E-state index in [0.29, 0.717) is 10.9 Å². The van der Waals surface area contributed by atoms with E-state index in [1.807, 2.05) is 6.07 Å². The molecule has 1 aliphatic heterocycles. The summed E-state index contributed by atoms with van der Waals surface area (Å²) in [6.45, 7) is 6.23. The number of hydrogen-bond donors (Lipinski definition) is 0. The van der Waals surface area contributed by atoms with E-state index in [9.17, 15) is 31.6 Å². The standard InChI is InChI=1S/C20H20F3N3O6S/c1-10-16-12-7-15(30-5)11(8-24)6-14(12)25-17(32-33(28,29)20(21,22)23)13(16)9-26(10)18(27)31-19(2,3)4/h6-7,10H,9H2,1-5H3/t10-/m0/s1. The largest absolute Gasteiger partial charge is 0.534 e. The molecule has 1 aromatic carbocycles. The summed E-state index contributed by atoms with van der Waals surface area (Å²) in [7, 11) is -4.71. The van der Waals surface area contributed by atoms with Crippen molar-refractivity contribution in [1.82, 2.24) is 9.88 Å². The Morgan fingerprint density at radius 3 is 2.42 bits per heavy atom. The predicted molar refractivity (Wildman–Crippen MR) is 109 cm³/mol. The van der Waals surface area contributed by atoms with Crippen molar-refractivity contribution in [3.8, 4) is 17.7 Å². The van der Waals surface area contributed by atoms with Gasteiger partial charge < -0.3 is 13.7 Å². The van der Waals surface area contributed by atoms with Crippen LogP contribution in [0.4, 0.5) is 18.0 Å². The predicted octanol–water partition coefficient (Wildman–Crippen LogP) is 4.16. The SMILES string of the molecule is COc1cc2c3c(c(OS(=O)(=O)C(F)(F)F)nc2cc1C#N)CN(C(=O)OC(C)(C)C)[C@H]3C. The highest BCUT2D eigenvalue weighted by molar-refractivity contribution is 7.87. The fourth-order valence-corrected chi connectivity index (χ4v) is 3.88. The molecule has 0 fully saturated rings. The Bertz CT molecular complexity index is 1280. The van der Waals surface area contributed by atoms with Crippen LogP contribution in [0.3, 0.4) is 0 Å². The molecule has 0 unspecified atom stereocenters. The summed E-state index contributed by atoms with van der Waals surface area (Å²) in [5, 5.41) is 9.69. The van der Waals surface area contributed by atoms with E-state index in [1.54, 1.807) is 27.7 Å². The number of nitrogens with zero attached hydrogens (tertiary/aromatic N) is 3. The first kappa shape index (κ1) is 24.4. The lowest BCUT2D eigenvalue weighted by atomic mass is 9.99. The van der Waals surface area contributed by atoms with Gasteiger partial charge in [-0.2, -0.15) is 26.9 Å². The lowest BCUT2D eigenvalue weighted by molar-refractivity contribution is -0.0501. The number of ether oxygens (including phenoxy) is 2. The first-order chi connectivity index (χ1) is 15.1. The molecule has 1 amide bonds. The third-order valence-corrected chi connectivity index (χ3v) is 5.79. The average molecular weight is 487 g/mol. The van der Waals surface area contributed by atoms with Crippen molar-refractivity contribution in [3.63, 3.8) is 0 Å². The van der Waals surface area contributed by atoms with Crippen molar-refractivity contribution in [2.75, 3.05) is 7.11 Å². The number of fused-ring (bicyclic) bond motifs is 3. The van der Waals surface area contributed by atoms with Gasteiger partial charge in [0.15, 0.2) is 0 Å². The molecule has 0 bridgehead atoms. The highest BCUT2D eigenvalue weighted by atomic mass is 32.2. The van der Waals surface area contributed by atoms with Gasteiger partial charge in [0.1, 0.15) is 17.4 Å². The molecule has 1 aliphatic rings. The van der Waals surface area contributed by atoms with E-state index in [2.05, 4.69) is 9.17 Å². The molecule has 0 spiro atoms. The topological polar surface area (TPSA) is 119 Å². The monoisotopic (exact) mass is 487 g/mol. The Balaban J connectivity index is 2.25. The summed E-state index contributed by atoms with van der Waals surface area (Å²) in [5.41, 5.74) is -6.24. The maximum Gasteiger partial charge on any atom is 0.534 e. The number of methoxy groups -OCH3 is 1. The number of hydrogen-bond acceptors (Lipinski definition) is 8. The molecule has 1 atom stereocenters. The Kier molecular flexibility index (Phi) is 5.87. The van der Waals surface area contributed by atoms with Crippen LogP contribution < -0.4 is 8.92 Å². The van der Waals surface area contributed by atoms with Crippen molar-refractivity contribution >= 4 is 27.1 Å². The van der Waals surface area contributed by atoms with E-state index in [-0.39, 0.29) is 28.9 Å². The molecule has 178 valence electrons. The van der Waals surface area contributed by atoms with Crippen molar-refractivity contribution in [3.05, 3.63) is 28.8 Å². The van der Waals surface area contributed by atoms with Gasteiger partial charge in [-0.05, 0) is 45.4 Å². The fourth-order valence-electron chi connectivity index (χ4n) is 3.44. The number of nitriles is 1. The first-order valence-electron chi connectivity index (χ1n) is 9.54. The van der Waals surface area contributed by atoms with E-state index < -0.39 is 39.2 Å². The number of alkyl halides is 3. The normalized spacial score (nSPS) is 16.3. The summed E-state index contributed by atoms with van der Waals surface area (Å²) in [4.78, 5) is 17.9. The maximum atomic E-state index is 13.0. The molecule has 2 aromatic rings. The molecule has 0 saturated heterocycles. The number of carbonyl (C=O) groups excluding carboxylic acids is 1. The molecule has 0 aliphatic carbocycles. The van der Waals surface area contributed by atoms with E-state index >= 15 is 0 Å². The molecule has 0 N–H and O–H groups in total. The molecule has 13 heteroatoms. The highest BCUT2D eigenvalue weighted by Crippen LogP contribution is 2.44. The second-order valence-corrected chi connectivity index (χ2v) is 9.80. The van der Waals surface area contributed by atoms with Crippen molar-refractivity contribution in [1.29, 1.82) is 5.26 Å². The molecule has 1 aromatic heterocycles. The summed E-state index contributed by atoms with van der Waals surface area (Å²) >= 11 is 0. The molecule has 0 saturated carbocycles. The average Bonchev–Trinajstić information content (AvgIpc) is 3.02. The quantitative estimate of drug-likeness (QED) is 0.468. The molecular weight excluding hydrogens is 467 g/mol. The van der Waals surface area contributed by atoms with Crippen LogP contribution in [0.25, 0.3) is 10.9 Å². The van der Waals surface area contributed by atoms with Crippen LogP contribution >= 0.6 is 0 Å². The minimum absolute atomic E-state index is 0.00337. The Labute approximate surface area is 187 Å². The molecule has 0 radical (unpaired) electrons. The molecule has 3 rings (SSSR count). The Morgan fingerprint density at radius 1 is 1.27 bits per heavy atom. The summed E-state index contributed by atoms with van der Waals surface area (Å²) in [6.07, 6.45) is -0.760. The van der Waals surface area contributed by atoms with Gasteiger partial charge in [-0.15, -0.1) is 0 Å². The highest BCUT2D eigenvalue weighted by Gasteiger charge is 2.50. The maximum absolute atomic E-state index is 13.0. The number of aromatic nitrogens is 1. The Hall–Kier alpha value is -3.27. The summed E-state index contributed by atoms with van der Waals surface area (Å²) in [6, 6.07) is 3.83. The fraction of sp³-hybridized carbons (Fsp3) is 0.450. The van der Waals surface area contributed by atoms with Gasteiger partial charge >= 0.3 is 21.7 Å².